The van der Waals surface area contributed by atoms with Crippen LogP contribution in [0, 0.1) is 0 Å². The van der Waals surface area contributed by atoms with Crippen molar-refractivity contribution >= 4 is 17.6 Å². The van der Waals surface area contributed by atoms with Gasteiger partial charge in [-0.1, -0.05) is 44.7 Å². The minimum Gasteiger partial charge on any atom is -0.439 e. The van der Waals surface area contributed by atoms with Gasteiger partial charge in [0.15, 0.2) is 5.16 Å². The number of nitrogens with one attached hydrogen (secondary N) is 1. The Kier molecular flexibility index (Phi) is 4.73. The van der Waals surface area contributed by atoms with Gasteiger partial charge < -0.3 is 10.1 Å². The van der Waals surface area contributed by atoms with E-state index < -0.39 is 0 Å². The molecule has 0 unspecified atom stereocenters. The number of hydrogen-bond acceptors (Lipinski definition) is 5. The van der Waals surface area contributed by atoms with E-state index in [-0.39, 0.29) is 5.41 Å². The highest BCUT2D eigenvalue weighted by molar-refractivity contribution is 7.98. The molecule has 21 heavy (non-hydrogen) atoms. The molecule has 1 N–H and O–H groups in total. The summed E-state index contributed by atoms with van der Waals surface area (Å²) in [4.78, 5) is 8.68. The standard InChI is InChI=1S/C16H21N3OS/c1-16(2,3)11-6-8-12(9-7-11)20-14-10-13(17-4)18-15(19-14)21-5/h6-10H,1-5H3,(H,17,18,19). The second-order valence-electron chi connectivity index (χ2n) is 5.70. The summed E-state index contributed by atoms with van der Waals surface area (Å²) in [7, 11) is 1.83. The molecule has 1 heterocycles. The first-order valence-corrected chi connectivity index (χ1v) is 8.04. The van der Waals surface area contributed by atoms with Crippen LogP contribution in [0.25, 0.3) is 0 Å². The summed E-state index contributed by atoms with van der Waals surface area (Å²) in [6.45, 7) is 6.58. The minimum atomic E-state index is 0.138. The van der Waals surface area contributed by atoms with Gasteiger partial charge in [0.25, 0.3) is 0 Å². The smallest absolute Gasteiger partial charge is 0.225 e. The molecule has 0 atom stereocenters. The Hall–Kier alpha value is -1.75. The molecule has 112 valence electrons. The molecule has 0 aliphatic carbocycles. The fourth-order valence-corrected chi connectivity index (χ4v) is 2.19. The molecule has 5 heteroatoms. The zero-order valence-corrected chi connectivity index (χ0v) is 13.9. The summed E-state index contributed by atoms with van der Waals surface area (Å²) in [5.74, 6) is 2.06. The number of ether oxygens (including phenoxy) is 1. The van der Waals surface area contributed by atoms with Crippen LogP contribution in [-0.2, 0) is 5.41 Å². The maximum Gasteiger partial charge on any atom is 0.225 e. The maximum atomic E-state index is 5.83. The maximum absolute atomic E-state index is 5.83. The lowest BCUT2D eigenvalue weighted by Gasteiger charge is -2.19. The molecule has 0 amide bonds. The van der Waals surface area contributed by atoms with Crippen LogP contribution >= 0.6 is 11.8 Å². The van der Waals surface area contributed by atoms with E-state index in [1.165, 1.54) is 17.3 Å². The SMILES string of the molecule is CNc1cc(Oc2ccc(C(C)(C)C)cc2)nc(SC)n1. The van der Waals surface area contributed by atoms with Crippen LogP contribution in [-0.4, -0.2) is 23.3 Å². The average molecular weight is 303 g/mol. The Morgan fingerprint density at radius 1 is 1.10 bits per heavy atom. The van der Waals surface area contributed by atoms with Crippen LogP contribution in [0.3, 0.4) is 0 Å². The highest BCUT2D eigenvalue weighted by Crippen LogP contribution is 2.27. The number of nitrogens with zero attached hydrogens (tertiary/aromatic N) is 2. The molecule has 1 aromatic heterocycles. The zero-order chi connectivity index (χ0) is 15.5. The Balaban J connectivity index is 2.22. The third-order valence-electron chi connectivity index (χ3n) is 3.06. The summed E-state index contributed by atoms with van der Waals surface area (Å²) >= 11 is 1.49. The second-order valence-corrected chi connectivity index (χ2v) is 6.48. The fourth-order valence-electron chi connectivity index (χ4n) is 1.82. The van der Waals surface area contributed by atoms with E-state index in [1.54, 1.807) is 6.07 Å². The quantitative estimate of drug-likeness (QED) is 0.673. The second kappa shape index (κ2) is 6.35. The van der Waals surface area contributed by atoms with E-state index in [1.807, 2.05) is 25.4 Å². The molecule has 0 saturated carbocycles. The molecule has 0 fully saturated rings. The van der Waals surface area contributed by atoms with Crippen molar-refractivity contribution in [1.29, 1.82) is 0 Å². The largest absolute Gasteiger partial charge is 0.439 e. The van der Waals surface area contributed by atoms with E-state index in [4.69, 9.17) is 4.74 Å². The third kappa shape index (κ3) is 4.11. The summed E-state index contributed by atoms with van der Waals surface area (Å²) in [6, 6.07) is 9.91. The van der Waals surface area contributed by atoms with Gasteiger partial charge in [0.2, 0.25) is 5.88 Å². The Morgan fingerprint density at radius 3 is 2.29 bits per heavy atom. The molecule has 0 aliphatic rings. The van der Waals surface area contributed by atoms with E-state index in [0.717, 1.165) is 11.6 Å². The van der Waals surface area contributed by atoms with Crippen molar-refractivity contribution in [1.82, 2.24) is 9.97 Å². The lowest BCUT2D eigenvalue weighted by Crippen LogP contribution is -2.10. The van der Waals surface area contributed by atoms with Crippen LogP contribution in [0.2, 0.25) is 0 Å². The first kappa shape index (κ1) is 15.6. The molecule has 0 bridgehead atoms. The lowest BCUT2D eigenvalue weighted by atomic mass is 9.87. The van der Waals surface area contributed by atoms with E-state index in [9.17, 15) is 0 Å². The molecule has 0 saturated heterocycles. The van der Waals surface area contributed by atoms with Crippen molar-refractivity contribution < 1.29 is 4.74 Å². The number of aromatic nitrogens is 2. The topological polar surface area (TPSA) is 47.0 Å². The molecule has 0 spiro atoms. The fraction of sp³-hybridized carbons (Fsp3) is 0.375. The molecule has 0 radical (unpaired) electrons. The first-order valence-electron chi connectivity index (χ1n) is 6.81. The normalized spacial score (nSPS) is 11.3. The van der Waals surface area contributed by atoms with Crippen molar-refractivity contribution in [2.24, 2.45) is 0 Å². The van der Waals surface area contributed by atoms with Gasteiger partial charge in [0.1, 0.15) is 11.6 Å². The summed E-state index contributed by atoms with van der Waals surface area (Å²) in [5.41, 5.74) is 1.41. The summed E-state index contributed by atoms with van der Waals surface area (Å²) < 4.78 is 5.83. The van der Waals surface area contributed by atoms with Crippen molar-refractivity contribution in [3.63, 3.8) is 0 Å². The van der Waals surface area contributed by atoms with Gasteiger partial charge in [-0.25, -0.2) is 4.98 Å². The van der Waals surface area contributed by atoms with Crippen LogP contribution in [0.15, 0.2) is 35.5 Å². The zero-order valence-electron chi connectivity index (χ0n) is 13.1. The van der Waals surface area contributed by atoms with Gasteiger partial charge in [-0.2, -0.15) is 4.98 Å². The van der Waals surface area contributed by atoms with Crippen molar-refractivity contribution in [3.05, 3.63) is 35.9 Å². The van der Waals surface area contributed by atoms with Crippen molar-refractivity contribution in [2.45, 2.75) is 31.3 Å². The number of thioether (sulfide) groups is 1. The Labute approximate surface area is 130 Å². The monoisotopic (exact) mass is 303 g/mol. The highest BCUT2D eigenvalue weighted by atomic mass is 32.2. The number of rotatable bonds is 4. The highest BCUT2D eigenvalue weighted by Gasteiger charge is 2.13. The third-order valence-corrected chi connectivity index (χ3v) is 3.61. The van der Waals surface area contributed by atoms with E-state index >= 15 is 0 Å². The molecule has 1 aromatic carbocycles. The first-order chi connectivity index (χ1) is 9.92. The van der Waals surface area contributed by atoms with Gasteiger partial charge in [-0.15, -0.1) is 0 Å². The lowest BCUT2D eigenvalue weighted by molar-refractivity contribution is 0.455. The molecule has 4 nitrogen and oxygen atoms in total. The van der Waals surface area contributed by atoms with Gasteiger partial charge >= 0.3 is 0 Å². The molecular weight excluding hydrogens is 282 g/mol. The summed E-state index contributed by atoms with van der Waals surface area (Å²) in [5, 5.41) is 3.70. The van der Waals surface area contributed by atoms with Crippen LogP contribution in [0.1, 0.15) is 26.3 Å². The molecule has 2 aromatic rings. The van der Waals surface area contributed by atoms with Crippen molar-refractivity contribution in [3.8, 4) is 11.6 Å². The Bertz CT molecular complexity index is 584. The van der Waals surface area contributed by atoms with Crippen LogP contribution in [0.4, 0.5) is 5.82 Å². The van der Waals surface area contributed by atoms with Crippen LogP contribution < -0.4 is 10.1 Å². The molecule has 2 rings (SSSR count). The van der Waals surface area contributed by atoms with Crippen molar-refractivity contribution in [2.75, 3.05) is 18.6 Å². The number of anilines is 1. The summed E-state index contributed by atoms with van der Waals surface area (Å²) in [6.07, 6.45) is 1.94. The van der Waals surface area contributed by atoms with Gasteiger partial charge in [-0.3, -0.25) is 0 Å². The van der Waals surface area contributed by atoms with Gasteiger partial charge in [-0.05, 0) is 29.4 Å². The van der Waals surface area contributed by atoms with E-state index in [2.05, 4.69) is 48.2 Å². The van der Waals surface area contributed by atoms with Gasteiger partial charge in [0.05, 0.1) is 0 Å². The van der Waals surface area contributed by atoms with Gasteiger partial charge in [0, 0.05) is 13.1 Å². The molecule has 0 aliphatic heterocycles. The van der Waals surface area contributed by atoms with Crippen LogP contribution in [0.5, 0.6) is 11.6 Å². The average Bonchev–Trinajstić information content (AvgIpc) is 2.46. The number of benzene rings is 1. The van der Waals surface area contributed by atoms with E-state index in [0.29, 0.717) is 11.0 Å². The predicted octanol–water partition coefficient (Wildman–Crippen LogP) is 4.33. The minimum absolute atomic E-state index is 0.138. The predicted molar refractivity (Wildman–Crippen MR) is 88.6 cm³/mol. The Morgan fingerprint density at radius 2 is 1.76 bits per heavy atom. The molecular formula is C16H21N3OS. The number of hydrogen-bond donors (Lipinski definition) is 1.